The molecule has 1 N–H and O–H groups in total. The zero-order chi connectivity index (χ0) is 14.3. The third kappa shape index (κ3) is 6.42. The highest BCUT2D eigenvalue weighted by Gasteiger charge is 2.21. The molecule has 0 saturated carbocycles. The van der Waals surface area contributed by atoms with Gasteiger partial charge in [0.1, 0.15) is 0 Å². The van der Waals surface area contributed by atoms with Crippen LogP contribution in [-0.4, -0.2) is 36.3 Å². The highest BCUT2D eigenvalue weighted by atomic mass is 16.2. The number of nitrogens with zero attached hydrogens (tertiary/aromatic N) is 1. The predicted octanol–water partition coefficient (Wildman–Crippen LogP) is 1.96. The van der Waals surface area contributed by atoms with Gasteiger partial charge in [-0.2, -0.15) is 0 Å². The molecular weight excluding hydrogens is 228 g/mol. The average molecular weight is 254 g/mol. The summed E-state index contributed by atoms with van der Waals surface area (Å²) in [4.78, 5) is 25.2. The normalized spacial score (nSPS) is 10.9. The predicted molar refractivity (Wildman–Crippen MR) is 74.1 cm³/mol. The second-order valence-corrected chi connectivity index (χ2v) is 5.62. The molecule has 0 heterocycles. The molecule has 0 aliphatic heterocycles. The Balaban J connectivity index is 4.10. The largest absolute Gasteiger partial charge is 0.355 e. The van der Waals surface area contributed by atoms with E-state index in [-0.39, 0.29) is 11.8 Å². The Morgan fingerprint density at radius 2 is 1.83 bits per heavy atom. The van der Waals surface area contributed by atoms with Gasteiger partial charge in [-0.3, -0.25) is 9.59 Å². The van der Waals surface area contributed by atoms with E-state index in [0.29, 0.717) is 26.1 Å². The molecule has 0 aromatic heterocycles. The Bertz CT molecular complexity index is 316. The van der Waals surface area contributed by atoms with Gasteiger partial charge in [-0.1, -0.05) is 32.9 Å². The molecular formula is C14H26N2O2. The summed E-state index contributed by atoms with van der Waals surface area (Å²) in [7, 11) is 0. The average Bonchev–Trinajstić information content (AvgIpc) is 2.23. The minimum atomic E-state index is -0.412. The van der Waals surface area contributed by atoms with Crippen molar-refractivity contribution in [2.45, 2.75) is 41.0 Å². The SMILES string of the molecule is C=C(C)CN(CC)C(=O)CCNC(=O)C(C)(C)C. The van der Waals surface area contributed by atoms with E-state index in [2.05, 4.69) is 11.9 Å². The monoisotopic (exact) mass is 254 g/mol. The second-order valence-electron chi connectivity index (χ2n) is 5.62. The topological polar surface area (TPSA) is 49.4 Å². The van der Waals surface area contributed by atoms with Gasteiger partial charge in [0.15, 0.2) is 0 Å². The molecule has 0 spiro atoms. The van der Waals surface area contributed by atoms with Crippen molar-refractivity contribution in [3.63, 3.8) is 0 Å². The number of carbonyl (C=O) groups is 2. The fraction of sp³-hybridized carbons (Fsp3) is 0.714. The summed E-state index contributed by atoms with van der Waals surface area (Å²) in [6.45, 7) is 14.8. The molecule has 2 amide bonds. The first-order chi connectivity index (χ1) is 8.18. The molecule has 0 aliphatic rings. The van der Waals surface area contributed by atoms with Crippen LogP contribution in [0.15, 0.2) is 12.2 Å². The van der Waals surface area contributed by atoms with Crippen LogP contribution in [-0.2, 0) is 9.59 Å². The van der Waals surface area contributed by atoms with Crippen molar-refractivity contribution in [2.24, 2.45) is 5.41 Å². The molecule has 4 nitrogen and oxygen atoms in total. The molecule has 0 bridgehead atoms. The van der Waals surface area contributed by atoms with Gasteiger partial charge in [0, 0.05) is 31.5 Å². The number of hydrogen-bond donors (Lipinski definition) is 1. The summed E-state index contributed by atoms with van der Waals surface area (Å²) in [6, 6.07) is 0. The van der Waals surface area contributed by atoms with Crippen LogP contribution in [0.4, 0.5) is 0 Å². The number of rotatable bonds is 6. The van der Waals surface area contributed by atoms with Crippen LogP contribution in [0.25, 0.3) is 0 Å². The van der Waals surface area contributed by atoms with Gasteiger partial charge in [-0.15, -0.1) is 0 Å². The first-order valence-corrected chi connectivity index (χ1v) is 6.39. The molecule has 0 aromatic rings. The lowest BCUT2D eigenvalue weighted by molar-refractivity contribution is -0.131. The summed E-state index contributed by atoms with van der Waals surface area (Å²) in [5.41, 5.74) is 0.550. The van der Waals surface area contributed by atoms with Crippen LogP contribution in [0, 0.1) is 5.41 Å². The number of carbonyl (C=O) groups excluding carboxylic acids is 2. The Labute approximate surface area is 110 Å². The maximum absolute atomic E-state index is 11.9. The van der Waals surface area contributed by atoms with Crippen molar-refractivity contribution in [2.75, 3.05) is 19.6 Å². The van der Waals surface area contributed by atoms with E-state index >= 15 is 0 Å². The smallest absolute Gasteiger partial charge is 0.225 e. The first-order valence-electron chi connectivity index (χ1n) is 6.39. The first kappa shape index (κ1) is 16.7. The zero-order valence-corrected chi connectivity index (χ0v) is 12.3. The summed E-state index contributed by atoms with van der Waals surface area (Å²) < 4.78 is 0. The van der Waals surface area contributed by atoms with Gasteiger partial charge < -0.3 is 10.2 Å². The van der Waals surface area contributed by atoms with Crippen molar-refractivity contribution < 1.29 is 9.59 Å². The van der Waals surface area contributed by atoms with Crippen LogP contribution >= 0.6 is 0 Å². The van der Waals surface area contributed by atoms with E-state index in [4.69, 9.17) is 0 Å². The Hall–Kier alpha value is -1.32. The van der Waals surface area contributed by atoms with Crippen LogP contribution in [0.3, 0.4) is 0 Å². The fourth-order valence-electron chi connectivity index (χ4n) is 1.41. The van der Waals surface area contributed by atoms with E-state index in [1.54, 1.807) is 4.90 Å². The van der Waals surface area contributed by atoms with E-state index in [1.165, 1.54) is 0 Å². The standard InChI is InChI=1S/C14H26N2O2/c1-7-16(10-11(2)3)12(17)8-9-15-13(18)14(4,5)6/h2,7-10H2,1,3-6H3,(H,15,18). The molecule has 0 aromatic carbocycles. The maximum Gasteiger partial charge on any atom is 0.225 e. The molecule has 0 atom stereocenters. The molecule has 0 radical (unpaired) electrons. The number of nitrogens with one attached hydrogen (secondary N) is 1. The molecule has 104 valence electrons. The lowest BCUT2D eigenvalue weighted by Crippen LogP contribution is -2.38. The minimum Gasteiger partial charge on any atom is -0.355 e. The summed E-state index contributed by atoms with van der Waals surface area (Å²) in [6.07, 6.45) is 0.336. The minimum absolute atomic E-state index is 0.0294. The van der Waals surface area contributed by atoms with E-state index in [9.17, 15) is 9.59 Å². The van der Waals surface area contributed by atoms with Crippen molar-refractivity contribution >= 4 is 11.8 Å². The zero-order valence-electron chi connectivity index (χ0n) is 12.3. The Morgan fingerprint density at radius 1 is 1.28 bits per heavy atom. The lowest BCUT2D eigenvalue weighted by atomic mass is 9.96. The van der Waals surface area contributed by atoms with Crippen molar-refractivity contribution in [3.05, 3.63) is 12.2 Å². The van der Waals surface area contributed by atoms with Crippen LogP contribution in [0.5, 0.6) is 0 Å². The molecule has 0 fully saturated rings. The van der Waals surface area contributed by atoms with E-state index in [1.807, 2.05) is 34.6 Å². The van der Waals surface area contributed by atoms with E-state index < -0.39 is 5.41 Å². The Kier molecular flexibility index (Phi) is 6.66. The number of likely N-dealkylation sites (N-methyl/N-ethyl adjacent to an activating group) is 1. The third-order valence-electron chi connectivity index (χ3n) is 2.50. The van der Waals surface area contributed by atoms with Gasteiger partial charge in [-0.25, -0.2) is 0 Å². The molecule has 0 unspecified atom stereocenters. The number of amides is 2. The van der Waals surface area contributed by atoms with Crippen molar-refractivity contribution in [1.82, 2.24) is 10.2 Å². The second kappa shape index (κ2) is 7.19. The summed E-state index contributed by atoms with van der Waals surface area (Å²) >= 11 is 0. The highest BCUT2D eigenvalue weighted by Crippen LogP contribution is 2.12. The molecule has 0 saturated heterocycles. The van der Waals surface area contributed by atoms with Gasteiger partial charge in [0.05, 0.1) is 0 Å². The maximum atomic E-state index is 11.9. The lowest BCUT2D eigenvalue weighted by Gasteiger charge is -2.22. The highest BCUT2D eigenvalue weighted by molar-refractivity contribution is 5.82. The fourth-order valence-corrected chi connectivity index (χ4v) is 1.41. The molecule has 0 aliphatic carbocycles. The van der Waals surface area contributed by atoms with Gasteiger partial charge in [0.2, 0.25) is 11.8 Å². The molecule has 4 heteroatoms. The van der Waals surface area contributed by atoms with Crippen LogP contribution in [0.2, 0.25) is 0 Å². The molecule has 18 heavy (non-hydrogen) atoms. The molecule has 0 rings (SSSR count). The summed E-state index contributed by atoms with van der Waals surface area (Å²) in [5, 5.41) is 2.78. The van der Waals surface area contributed by atoms with Crippen LogP contribution < -0.4 is 5.32 Å². The Morgan fingerprint density at radius 3 is 2.22 bits per heavy atom. The quantitative estimate of drug-likeness (QED) is 0.737. The van der Waals surface area contributed by atoms with Crippen LogP contribution in [0.1, 0.15) is 41.0 Å². The van der Waals surface area contributed by atoms with E-state index in [0.717, 1.165) is 5.57 Å². The van der Waals surface area contributed by atoms with Gasteiger partial charge in [-0.05, 0) is 13.8 Å². The van der Waals surface area contributed by atoms with Crippen molar-refractivity contribution in [1.29, 1.82) is 0 Å². The third-order valence-corrected chi connectivity index (χ3v) is 2.50. The van der Waals surface area contributed by atoms with Crippen molar-refractivity contribution in [3.8, 4) is 0 Å². The number of hydrogen-bond acceptors (Lipinski definition) is 2. The summed E-state index contributed by atoms with van der Waals surface area (Å²) in [5.74, 6) is 0.0213. The van der Waals surface area contributed by atoms with Gasteiger partial charge >= 0.3 is 0 Å². The van der Waals surface area contributed by atoms with Gasteiger partial charge in [0.25, 0.3) is 0 Å².